The van der Waals surface area contributed by atoms with E-state index in [-0.39, 0.29) is 0 Å². The van der Waals surface area contributed by atoms with Crippen molar-refractivity contribution in [3.05, 3.63) is 23.6 Å². The normalized spacial score (nSPS) is 10.1. The van der Waals surface area contributed by atoms with Gasteiger partial charge in [-0.2, -0.15) is 0 Å². The van der Waals surface area contributed by atoms with E-state index in [1.54, 1.807) is 14.2 Å². The van der Waals surface area contributed by atoms with Gasteiger partial charge >= 0.3 is 0 Å². The number of benzene rings is 1. The molecule has 2 N–H and O–H groups in total. The van der Waals surface area contributed by atoms with Gasteiger partial charge < -0.3 is 15.2 Å². The predicted molar refractivity (Wildman–Crippen MR) is 65.1 cm³/mol. The maximum atomic E-state index is 5.59. The molecule has 1 aromatic carbocycles. The summed E-state index contributed by atoms with van der Waals surface area (Å²) in [6.45, 7) is 0. The Hall–Kier alpha value is -1.75. The van der Waals surface area contributed by atoms with Crippen LogP contribution in [0.3, 0.4) is 0 Å². The van der Waals surface area contributed by atoms with E-state index in [1.165, 1.54) is 11.3 Å². The number of aromatic nitrogens is 1. The zero-order valence-electron chi connectivity index (χ0n) is 9.06. The molecule has 4 nitrogen and oxygen atoms in total. The van der Waals surface area contributed by atoms with Crippen molar-refractivity contribution in [2.45, 2.75) is 0 Å². The number of anilines is 1. The standard InChI is InChI=1S/C11H12N2O2S/c1-14-9-4-3-7(5-10(9)15-2)8-6-16-11(12)13-8/h3-6H,1-2H3,(H2,12,13). The molecular formula is C11H12N2O2S. The third kappa shape index (κ3) is 1.94. The van der Waals surface area contributed by atoms with E-state index in [1.807, 2.05) is 23.6 Å². The molecule has 5 heteroatoms. The minimum atomic E-state index is 0.560. The molecule has 0 atom stereocenters. The Morgan fingerprint density at radius 1 is 1.19 bits per heavy atom. The average Bonchev–Trinajstić information content (AvgIpc) is 2.75. The van der Waals surface area contributed by atoms with Crippen LogP contribution in [0.5, 0.6) is 11.5 Å². The number of hydrogen-bond donors (Lipinski definition) is 1. The van der Waals surface area contributed by atoms with Crippen molar-refractivity contribution in [3.8, 4) is 22.8 Å². The van der Waals surface area contributed by atoms with E-state index in [0.29, 0.717) is 16.6 Å². The van der Waals surface area contributed by atoms with Crippen molar-refractivity contribution in [3.63, 3.8) is 0 Å². The lowest BCUT2D eigenvalue weighted by atomic mass is 10.1. The summed E-state index contributed by atoms with van der Waals surface area (Å²) in [6.07, 6.45) is 0. The van der Waals surface area contributed by atoms with Gasteiger partial charge in [-0.1, -0.05) is 0 Å². The van der Waals surface area contributed by atoms with Crippen LogP contribution < -0.4 is 15.2 Å². The first kappa shape index (κ1) is 10.8. The largest absolute Gasteiger partial charge is 0.493 e. The minimum absolute atomic E-state index is 0.560. The van der Waals surface area contributed by atoms with E-state index in [0.717, 1.165) is 11.3 Å². The van der Waals surface area contributed by atoms with Gasteiger partial charge in [-0.15, -0.1) is 11.3 Å². The Balaban J connectivity index is 2.43. The van der Waals surface area contributed by atoms with E-state index in [9.17, 15) is 0 Å². The minimum Gasteiger partial charge on any atom is -0.493 e. The summed E-state index contributed by atoms with van der Waals surface area (Å²) < 4.78 is 10.4. The van der Waals surface area contributed by atoms with Gasteiger partial charge in [0, 0.05) is 10.9 Å². The van der Waals surface area contributed by atoms with Crippen LogP contribution in [0.4, 0.5) is 5.13 Å². The van der Waals surface area contributed by atoms with Crippen molar-refractivity contribution in [2.24, 2.45) is 0 Å². The number of nitrogens with two attached hydrogens (primary N) is 1. The molecule has 84 valence electrons. The van der Waals surface area contributed by atoms with E-state index in [2.05, 4.69) is 4.98 Å². The molecule has 0 aliphatic heterocycles. The second-order valence-electron chi connectivity index (χ2n) is 3.14. The predicted octanol–water partition coefficient (Wildman–Crippen LogP) is 2.41. The highest BCUT2D eigenvalue weighted by atomic mass is 32.1. The maximum Gasteiger partial charge on any atom is 0.180 e. The second-order valence-corrected chi connectivity index (χ2v) is 4.03. The summed E-state index contributed by atoms with van der Waals surface area (Å²) in [5, 5.41) is 2.47. The average molecular weight is 236 g/mol. The molecule has 2 aromatic rings. The molecule has 0 saturated heterocycles. The molecule has 0 amide bonds. The first-order chi connectivity index (χ1) is 7.74. The number of hydrogen-bond acceptors (Lipinski definition) is 5. The van der Waals surface area contributed by atoms with Crippen molar-refractivity contribution >= 4 is 16.5 Å². The number of rotatable bonds is 3. The molecule has 0 spiro atoms. The van der Waals surface area contributed by atoms with Gasteiger partial charge in [-0.3, -0.25) is 0 Å². The summed E-state index contributed by atoms with van der Waals surface area (Å²) in [4.78, 5) is 4.21. The molecular weight excluding hydrogens is 224 g/mol. The summed E-state index contributed by atoms with van der Waals surface area (Å²) in [6, 6.07) is 5.66. The van der Waals surface area contributed by atoms with Crippen LogP contribution in [-0.2, 0) is 0 Å². The quantitative estimate of drug-likeness (QED) is 0.889. The molecule has 2 rings (SSSR count). The maximum absolute atomic E-state index is 5.59. The Labute approximate surface area is 97.6 Å². The van der Waals surface area contributed by atoms with Crippen molar-refractivity contribution in [1.29, 1.82) is 0 Å². The second kappa shape index (κ2) is 4.40. The number of thiazole rings is 1. The molecule has 0 aliphatic rings. The summed E-state index contributed by atoms with van der Waals surface area (Å²) in [7, 11) is 3.22. The number of ether oxygens (including phenoxy) is 2. The van der Waals surface area contributed by atoms with Gasteiger partial charge in [-0.05, 0) is 18.2 Å². The summed E-state index contributed by atoms with van der Waals surface area (Å²) in [5.74, 6) is 1.39. The Kier molecular flexibility index (Phi) is 2.96. The molecule has 0 unspecified atom stereocenters. The Morgan fingerprint density at radius 3 is 2.50 bits per heavy atom. The molecule has 0 fully saturated rings. The molecule has 0 saturated carbocycles. The van der Waals surface area contributed by atoms with Gasteiger partial charge in [0.15, 0.2) is 16.6 Å². The zero-order valence-corrected chi connectivity index (χ0v) is 9.88. The van der Waals surface area contributed by atoms with Crippen LogP contribution in [0.1, 0.15) is 0 Å². The highest BCUT2D eigenvalue weighted by Gasteiger charge is 2.08. The first-order valence-electron chi connectivity index (χ1n) is 4.68. The van der Waals surface area contributed by atoms with Gasteiger partial charge in [0.2, 0.25) is 0 Å². The fourth-order valence-electron chi connectivity index (χ4n) is 1.42. The van der Waals surface area contributed by atoms with Crippen molar-refractivity contribution in [1.82, 2.24) is 4.98 Å². The van der Waals surface area contributed by atoms with Crippen molar-refractivity contribution < 1.29 is 9.47 Å². The first-order valence-corrected chi connectivity index (χ1v) is 5.56. The molecule has 0 radical (unpaired) electrons. The highest BCUT2D eigenvalue weighted by Crippen LogP contribution is 2.32. The SMILES string of the molecule is COc1ccc(-c2csc(N)n2)cc1OC. The third-order valence-electron chi connectivity index (χ3n) is 2.20. The monoisotopic (exact) mass is 236 g/mol. The molecule has 16 heavy (non-hydrogen) atoms. The summed E-state index contributed by atoms with van der Waals surface area (Å²) >= 11 is 1.42. The fraction of sp³-hybridized carbons (Fsp3) is 0.182. The van der Waals surface area contributed by atoms with Crippen molar-refractivity contribution in [2.75, 3.05) is 20.0 Å². The Morgan fingerprint density at radius 2 is 1.94 bits per heavy atom. The molecule has 0 aliphatic carbocycles. The van der Waals surface area contributed by atoms with Gasteiger partial charge in [0.1, 0.15) is 0 Å². The van der Waals surface area contributed by atoms with Crippen LogP contribution in [0.15, 0.2) is 23.6 Å². The van der Waals surface area contributed by atoms with E-state index < -0.39 is 0 Å². The lowest BCUT2D eigenvalue weighted by molar-refractivity contribution is 0.355. The van der Waals surface area contributed by atoms with Crippen LogP contribution in [0.2, 0.25) is 0 Å². The van der Waals surface area contributed by atoms with Gasteiger partial charge in [0.05, 0.1) is 19.9 Å². The number of methoxy groups -OCH3 is 2. The van der Waals surface area contributed by atoms with E-state index >= 15 is 0 Å². The topological polar surface area (TPSA) is 57.4 Å². The van der Waals surface area contributed by atoms with Crippen LogP contribution in [0.25, 0.3) is 11.3 Å². The van der Waals surface area contributed by atoms with Gasteiger partial charge in [0.25, 0.3) is 0 Å². The number of nitrogens with zero attached hydrogens (tertiary/aromatic N) is 1. The molecule has 1 aromatic heterocycles. The Bertz CT molecular complexity index is 496. The van der Waals surface area contributed by atoms with Crippen LogP contribution in [-0.4, -0.2) is 19.2 Å². The molecule has 0 bridgehead atoms. The molecule has 1 heterocycles. The van der Waals surface area contributed by atoms with Crippen LogP contribution >= 0.6 is 11.3 Å². The third-order valence-corrected chi connectivity index (χ3v) is 2.88. The van der Waals surface area contributed by atoms with E-state index in [4.69, 9.17) is 15.2 Å². The van der Waals surface area contributed by atoms with Gasteiger partial charge in [-0.25, -0.2) is 4.98 Å². The highest BCUT2D eigenvalue weighted by molar-refractivity contribution is 7.13. The number of nitrogen functional groups attached to an aromatic ring is 1. The lowest BCUT2D eigenvalue weighted by Crippen LogP contribution is -1.91. The lowest BCUT2D eigenvalue weighted by Gasteiger charge is -2.08. The smallest absolute Gasteiger partial charge is 0.180 e. The fourth-order valence-corrected chi connectivity index (χ4v) is 1.99. The summed E-state index contributed by atoms with van der Waals surface area (Å²) in [5.41, 5.74) is 7.41. The van der Waals surface area contributed by atoms with Crippen LogP contribution in [0, 0.1) is 0 Å². The zero-order chi connectivity index (χ0) is 11.5.